The van der Waals surface area contributed by atoms with Crippen LogP contribution in [-0.2, 0) is 11.3 Å². The fourth-order valence-corrected chi connectivity index (χ4v) is 4.44. The zero-order chi connectivity index (χ0) is 20.2. The summed E-state index contributed by atoms with van der Waals surface area (Å²) in [5, 5.41) is 5.90. The van der Waals surface area contributed by atoms with E-state index in [0.717, 1.165) is 31.6 Å². The van der Waals surface area contributed by atoms with Crippen LogP contribution in [0.1, 0.15) is 28.9 Å². The van der Waals surface area contributed by atoms with Crippen LogP contribution >= 0.6 is 22.9 Å². The summed E-state index contributed by atoms with van der Waals surface area (Å²) in [5.74, 6) is 0.260. The number of aromatic nitrogens is 1. The van der Waals surface area contributed by atoms with Gasteiger partial charge >= 0.3 is 6.03 Å². The molecule has 3 amide bonds. The predicted molar refractivity (Wildman–Crippen MR) is 113 cm³/mol. The lowest BCUT2D eigenvalue weighted by Crippen LogP contribution is -2.33. The fourth-order valence-electron chi connectivity index (χ4n) is 3.49. The Balaban J connectivity index is 1.33. The number of halogens is 1. The van der Waals surface area contributed by atoms with E-state index in [2.05, 4.69) is 10.3 Å². The van der Waals surface area contributed by atoms with Gasteiger partial charge in [0.25, 0.3) is 5.91 Å². The zero-order valence-corrected chi connectivity index (χ0v) is 17.5. The lowest BCUT2D eigenvalue weighted by atomic mass is 10.0. The largest absolute Gasteiger partial charge is 0.381 e. The topological polar surface area (TPSA) is 74.8 Å². The van der Waals surface area contributed by atoms with Crippen LogP contribution in [0.5, 0.6) is 0 Å². The summed E-state index contributed by atoms with van der Waals surface area (Å²) in [6.07, 6.45) is 1.93. The number of hydrogen-bond acceptors (Lipinski definition) is 5. The molecule has 7 nitrogen and oxygen atoms in total. The number of hydrogen-bond donors (Lipinski definition) is 1. The van der Waals surface area contributed by atoms with Crippen LogP contribution in [0.3, 0.4) is 0 Å². The van der Waals surface area contributed by atoms with Crippen LogP contribution < -0.4 is 10.2 Å². The van der Waals surface area contributed by atoms with E-state index in [4.69, 9.17) is 16.3 Å². The Bertz CT molecular complexity index is 867. The molecule has 0 unspecified atom stereocenters. The molecule has 2 aliphatic heterocycles. The Morgan fingerprint density at radius 3 is 2.76 bits per heavy atom. The van der Waals surface area contributed by atoms with Crippen LogP contribution in [0.25, 0.3) is 0 Å². The minimum atomic E-state index is -0.191. The standard InChI is InChI=1S/C20H23ClN4O3S/c21-16-3-1-15(2-4-16)12-24-7-8-25(20(24)27)19-23-17(13-29-19)18(26)22-11-14-5-9-28-10-6-14/h1-4,13-14H,5-12H2,(H,22,26). The molecule has 1 aromatic heterocycles. The van der Waals surface area contributed by atoms with Gasteiger partial charge in [-0.2, -0.15) is 0 Å². The molecule has 0 aliphatic carbocycles. The number of amides is 3. The third-order valence-electron chi connectivity index (χ3n) is 5.23. The lowest BCUT2D eigenvalue weighted by molar-refractivity contribution is 0.0642. The maximum atomic E-state index is 12.8. The first-order valence-electron chi connectivity index (χ1n) is 9.72. The highest BCUT2D eigenvalue weighted by Gasteiger charge is 2.31. The predicted octanol–water partition coefficient (Wildman–Crippen LogP) is 3.40. The molecule has 154 valence electrons. The van der Waals surface area contributed by atoms with Gasteiger partial charge in [-0.25, -0.2) is 9.78 Å². The molecule has 0 bridgehead atoms. The van der Waals surface area contributed by atoms with Crippen molar-refractivity contribution in [2.45, 2.75) is 19.4 Å². The molecule has 29 heavy (non-hydrogen) atoms. The Morgan fingerprint density at radius 2 is 2.00 bits per heavy atom. The van der Waals surface area contributed by atoms with E-state index in [1.807, 2.05) is 24.3 Å². The number of nitrogens with one attached hydrogen (secondary N) is 1. The lowest BCUT2D eigenvalue weighted by Gasteiger charge is -2.21. The monoisotopic (exact) mass is 434 g/mol. The van der Waals surface area contributed by atoms with Crippen LogP contribution in [0, 0.1) is 5.92 Å². The van der Waals surface area contributed by atoms with Gasteiger partial charge in [0.15, 0.2) is 5.13 Å². The molecule has 1 aromatic carbocycles. The molecule has 9 heteroatoms. The number of carbonyl (C=O) groups is 2. The van der Waals surface area contributed by atoms with Gasteiger partial charge in [0.2, 0.25) is 0 Å². The van der Waals surface area contributed by atoms with Crippen molar-refractivity contribution < 1.29 is 14.3 Å². The molecule has 3 heterocycles. The van der Waals surface area contributed by atoms with Crippen LogP contribution in [0.4, 0.5) is 9.93 Å². The number of carbonyl (C=O) groups excluding carboxylic acids is 2. The Hall–Kier alpha value is -2.16. The van der Waals surface area contributed by atoms with Crippen molar-refractivity contribution in [1.29, 1.82) is 0 Å². The van der Waals surface area contributed by atoms with Gasteiger partial charge in [0.05, 0.1) is 0 Å². The summed E-state index contributed by atoms with van der Waals surface area (Å²) in [6.45, 7) is 3.84. The third kappa shape index (κ3) is 4.88. The average molecular weight is 435 g/mol. The highest BCUT2D eigenvalue weighted by Crippen LogP contribution is 2.26. The second-order valence-electron chi connectivity index (χ2n) is 7.26. The van der Waals surface area contributed by atoms with Crippen LogP contribution in [0.2, 0.25) is 5.02 Å². The maximum Gasteiger partial charge on any atom is 0.326 e. The molecule has 1 N–H and O–H groups in total. The first-order valence-corrected chi connectivity index (χ1v) is 11.0. The number of benzene rings is 1. The highest BCUT2D eigenvalue weighted by molar-refractivity contribution is 7.14. The Kier molecular flexibility index (Phi) is 6.32. The van der Waals surface area contributed by atoms with Gasteiger partial charge in [-0.1, -0.05) is 23.7 Å². The summed E-state index contributed by atoms with van der Waals surface area (Å²) >= 11 is 7.24. The first kappa shape index (κ1) is 20.1. The summed E-state index contributed by atoms with van der Waals surface area (Å²) < 4.78 is 5.34. The van der Waals surface area contributed by atoms with E-state index in [-0.39, 0.29) is 11.9 Å². The molecule has 0 atom stereocenters. The van der Waals surface area contributed by atoms with Gasteiger partial charge in [-0.15, -0.1) is 11.3 Å². The molecule has 0 saturated carbocycles. The summed E-state index contributed by atoms with van der Waals surface area (Å²) in [5.41, 5.74) is 1.39. The normalized spacial score (nSPS) is 17.8. The fraction of sp³-hybridized carbons (Fsp3) is 0.450. The third-order valence-corrected chi connectivity index (χ3v) is 6.34. The second-order valence-corrected chi connectivity index (χ2v) is 8.54. The minimum absolute atomic E-state index is 0.0940. The molecule has 2 saturated heterocycles. The van der Waals surface area contributed by atoms with Crippen molar-refractivity contribution in [1.82, 2.24) is 15.2 Å². The van der Waals surface area contributed by atoms with E-state index in [0.29, 0.717) is 47.9 Å². The van der Waals surface area contributed by atoms with Crippen molar-refractivity contribution in [2.75, 3.05) is 37.7 Å². The van der Waals surface area contributed by atoms with Gasteiger partial charge in [0.1, 0.15) is 5.69 Å². The van der Waals surface area contributed by atoms with E-state index in [1.54, 1.807) is 15.2 Å². The van der Waals surface area contributed by atoms with Crippen LogP contribution in [0.15, 0.2) is 29.6 Å². The SMILES string of the molecule is O=C(NCC1CCOCC1)c1csc(N2CCN(Cc3ccc(Cl)cc3)C2=O)n1. The Labute approximate surface area is 178 Å². The molecule has 4 rings (SSSR count). The number of thiazole rings is 1. The molecular formula is C20H23ClN4O3S. The number of anilines is 1. The second kappa shape index (κ2) is 9.11. The van der Waals surface area contributed by atoms with Crippen molar-refractivity contribution in [3.8, 4) is 0 Å². The molecule has 0 radical (unpaired) electrons. The van der Waals surface area contributed by atoms with E-state index in [1.165, 1.54) is 11.3 Å². The van der Waals surface area contributed by atoms with Crippen molar-refractivity contribution >= 4 is 40.0 Å². The van der Waals surface area contributed by atoms with Gasteiger partial charge in [-0.05, 0) is 36.5 Å². The molecule has 2 fully saturated rings. The van der Waals surface area contributed by atoms with Gasteiger partial charge in [-0.3, -0.25) is 9.69 Å². The summed E-state index contributed by atoms with van der Waals surface area (Å²) in [7, 11) is 0. The first-order chi connectivity index (χ1) is 14.1. The summed E-state index contributed by atoms with van der Waals surface area (Å²) in [4.78, 5) is 33.0. The van der Waals surface area contributed by atoms with E-state index < -0.39 is 0 Å². The number of nitrogens with zero attached hydrogens (tertiary/aromatic N) is 3. The molecular weight excluding hydrogens is 412 g/mol. The van der Waals surface area contributed by atoms with Gasteiger partial charge < -0.3 is 15.0 Å². The van der Waals surface area contributed by atoms with E-state index in [9.17, 15) is 9.59 Å². The van der Waals surface area contributed by atoms with Crippen molar-refractivity contribution in [3.05, 3.63) is 45.9 Å². The maximum absolute atomic E-state index is 12.8. The quantitative estimate of drug-likeness (QED) is 0.756. The molecule has 2 aliphatic rings. The van der Waals surface area contributed by atoms with E-state index >= 15 is 0 Å². The molecule has 2 aromatic rings. The van der Waals surface area contributed by atoms with Gasteiger partial charge in [0, 0.05) is 49.8 Å². The van der Waals surface area contributed by atoms with Crippen LogP contribution in [-0.4, -0.2) is 54.7 Å². The smallest absolute Gasteiger partial charge is 0.326 e. The molecule has 0 spiro atoms. The zero-order valence-electron chi connectivity index (χ0n) is 16.0. The van der Waals surface area contributed by atoms with Crippen molar-refractivity contribution in [3.63, 3.8) is 0 Å². The number of urea groups is 1. The minimum Gasteiger partial charge on any atom is -0.381 e. The number of rotatable bonds is 6. The highest BCUT2D eigenvalue weighted by atomic mass is 35.5. The summed E-state index contributed by atoms with van der Waals surface area (Å²) in [6, 6.07) is 7.39. The van der Waals surface area contributed by atoms with Crippen molar-refractivity contribution in [2.24, 2.45) is 5.92 Å². The number of ether oxygens (including phenoxy) is 1. The Morgan fingerprint density at radius 1 is 1.24 bits per heavy atom. The average Bonchev–Trinajstić information content (AvgIpc) is 3.36.